The summed E-state index contributed by atoms with van der Waals surface area (Å²) in [6.45, 7) is 13.4. The molecule has 0 saturated heterocycles. The number of benzene rings is 2. The smallest absolute Gasteiger partial charge is 0.330 e. The zero-order valence-corrected chi connectivity index (χ0v) is 30.9. The number of nitrogens with zero attached hydrogens (tertiary/aromatic N) is 7. The predicted molar refractivity (Wildman–Crippen MR) is 177 cm³/mol. The van der Waals surface area contributed by atoms with E-state index < -0.39 is 0 Å². The third-order valence-corrected chi connectivity index (χ3v) is 10.4. The van der Waals surface area contributed by atoms with Crippen molar-refractivity contribution < 1.29 is 34.4 Å². The number of rotatable bonds is 10. The molecule has 0 N–H and O–H groups in total. The van der Waals surface area contributed by atoms with Crippen molar-refractivity contribution in [2.24, 2.45) is 0 Å². The van der Waals surface area contributed by atoms with E-state index in [-0.39, 0.29) is 46.2 Å². The van der Waals surface area contributed by atoms with Crippen LogP contribution in [-0.2, 0) is 35.3 Å². The Balaban J connectivity index is 0.00000417. The number of hydrogen-bond acceptors (Lipinski definition) is 8. The van der Waals surface area contributed by atoms with Crippen LogP contribution in [0.2, 0.25) is 0 Å². The van der Waals surface area contributed by atoms with E-state index in [4.69, 9.17) is 9.82 Å². The molecule has 1 aliphatic rings. The normalized spacial score (nSPS) is 15.1. The van der Waals surface area contributed by atoms with Crippen LogP contribution in [0.4, 0.5) is 0 Å². The van der Waals surface area contributed by atoms with Crippen molar-refractivity contribution in [3.8, 4) is 22.5 Å². The molecule has 9 nitrogen and oxygen atoms in total. The third-order valence-electron chi connectivity index (χ3n) is 8.95. The van der Waals surface area contributed by atoms with E-state index >= 15 is 0 Å². The second-order valence-electron chi connectivity index (χ2n) is 12.8. The number of thiophene rings is 1. The largest absolute Gasteiger partial charge is 1.00 e. The quantitative estimate of drug-likeness (QED) is 0.213. The molecule has 4 heterocycles. The fraction of sp³-hybridized carbons (Fsp3) is 0.400. The van der Waals surface area contributed by atoms with Crippen molar-refractivity contribution in [1.82, 2.24) is 35.2 Å². The van der Waals surface area contributed by atoms with Gasteiger partial charge in [-0.3, -0.25) is 19.7 Å². The molecule has 0 unspecified atom stereocenters. The van der Waals surface area contributed by atoms with Crippen LogP contribution in [0.5, 0.6) is 0 Å². The standard InChI is InChI=1S/C35H40N7O2S.Na/c1-8-9-14-30-28(19-23-15-17-24(18-16-23)26-12-10-11-13-27(26)32-37-39-40-38-32)33(43)41(22(2)36-30)21-25-20-29-31(45-25)35(5,6)42(44-7)34(29,3)4;/h10-13,15-18,20H,8-9,14,19,21H2,1-7H3;/q-1;+1. The van der Waals surface area contributed by atoms with E-state index in [2.05, 4.69) is 90.6 Å². The molecule has 0 saturated carbocycles. The van der Waals surface area contributed by atoms with Crippen LogP contribution in [-0.4, -0.2) is 37.2 Å². The zero-order valence-electron chi connectivity index (χ0n) is 28.1. The first-order chi connectivity index (χ1) is 21.6. The van der Waals surface area contributed by atoms with Crippen molar-refractivity contribution in [3.05, 3.63) is 103 Å². The number of tetrazole rings is 1. The maximum atomic E-state index is 14.2. The molecule has 0 atom stereocenters. The number of fused-ring (bicyclic) bond motifs is 1. The minimum absolute atomic E-state index is 0. The van der Waals surface area contributed by atoms with Gasteiger partial charge < -0.3 is 9.94 Å². The average molecular weight is 646 g/mol. The molecule has 0 aliphatic carbocycles. The fourth-order valence-corrected chi connectivity index (χ4v) is 8.19. The molecule has 0 radical (unpaired) electrons. The van der Waals surface area contributed by atoms with Crippen molar-refractivity contribution in [3.63, 3.8) is 0 Å². The van der Waals surface area contributed by atoms with Crippen LogP contribution in [0, 0.1) is 6.92 Å². The number of hydrogen-bond donors (Lipinski definition) is 0. The molecule has 11 heteroatoms. The molecule has 5 aromatic rings. The van der Waals surface area contributed by atoms with E-state index in [1.807, 2.05) is 35.8 Å². The average Bonchev–Trinajstić information content (AvgIpc) is 3.74. The number of aromatic nitrogens is 6. The Morgan fingerprint density at radius 1 is 1.00 bits per heavy atom. The zero-order chi connectivity index (χ0) is 31.9. The maximum absolute atomic E-state index is 14.2. The molecule has 0 amide bonds. The number of hydroxylamine groups is 2. The Bertz CT molecular complexity index is 1840. The Kier molecular flexibility index (Phi) is 10.2. The number of aryl methyl sites for hydroxylation is 2. The van der Waals surface area contributed by atoms with Gasteiger partial charge in [0.2, 0.25) is 0 Å². The van der Waals surface area contributed by atoms with Gasteiger partial charge in [-0.25, -0.2) is 4.98 Å². The Hall–Kier alpha value is -2.99. The fourth-order valence-electron chi connectivity index (χ4n) is 6.80. The van der Waals surface area contributed by atoms with Crippen molar-refractivity contribution >= 4 is 11.3 Å². The van der Waals surface area contributed by atoms with Gasteiger partial charge in [-0.05, 0) is 81.3 Å². The van der Waals surface area contributed by atoms with Gasteiger partial charge in [-0.15, -0.1) is 11.3 Å². The van der Waals surface area contributed by atoms with E-state index in [1.165, 1.54) is 10.4 Å². The predicted octanol–water partition coefficient (Wildman–Crippen LogP) is 3.42. The summed E-state index contributed by atoms with van der Waals surface area (Å²) in [6, 6.07) is 18.6. The molecule has 46 heavy (non-hydrogen) atoms. The van der Waals surface area contributed by atoms with E-state index in [0.717, 1.165) is 63.5 Å². The van der Waals surface area contributed by atoms with E-state index in [1.54, 1.807) is 18.4 Å². The van der Waals surface area contributed by atoms with Crippen LogP contribution < -0.4 is 40.2 Å². The molecule has 0 fully saturated rings. The molecular formula is C35H40N7NaO2S. The topological polar surface area (TPSA) is 100 Å². The molecule has 1 aliphatic heterocycles. The van der Waals surface area contributed by atoms with Crippen LogP contribution in [0.25, 0.3) is 22.5 Å². The summed E-state index contributed by atoms with van der Waals surface area (Å²) < 4.78 is 1.85. The minimum atomic E-state index is -0.271. The summed E-state index contributed by atoms with van der Waals surface area (Å²) in [5, 5.41) is 17.5. The van der Waals surface area contributed by atoms with Gasteiger partial charge in [0.25, 0.3) is 5.56 Å². The molecule has 3 aromatic heterocycles. The molecule has 2 aromatic carbocycles. The second-order valence-corrected chi connectivity index (χ2v) is 13.9. The SMILES string of the molecule is CCCCc1nc(C)n(Cc2cc3c(s2)C(C)(C)N(OC)C3(C)C)c(=O)c1Cc1ccc(-c2ccccc2-c2nnn[n-]2)cc1.[Na+]. The summed E-state index contributed by atoms with van der Waals surface area (Å²) in [4.78, 5) is 27.5. The monoisotopic (exact) mass is 645 g/mol. The van der Waals surface area contributed by atoms with Crippen LogP contribution >= 0.6 is 11.3 Å². The first-order valence-corrected chi connectivity index (χ1v) is 16.3. The second kappa shape index (κ2) is 13.6. The van der Waals surface area contributed by atoms with Gasteiger partial charge in [-0.2, -0.15) is 10.3 Å². The first kappa shape index (κ1) is 34.3. The summed E-state index contributed by atoms with van der Waals surface area (Å²) >= 11 is 1.76. The molecule has 0 bridgehead atoms. The van der Waals surface area contributed by atoms with Crippen LogP contribution in [0.3, 0.4) is 0 Å². The number of unbranched alkanes of at least 4 members (excludes halogenated alkanes) is 1. The van der Waals surface area contributed by atoms with Crippen molar-refractivity contribution in [1.29, 1.82) is 0 Å². The van der Waals surface area contributed by atoms with E-state index in [9.17, 15) is 4.79 Å². The third kappa shape index (κ3) is 6.19. The van der Waals surface area contributed by atoms with Crippen molar-refractivity contribution in [2.75, 3.05) is 7.11 Å². The molecular weight excluding hydrogens is 605 g/mol. The van der Waals surface area contributed by atoms with Gasteiger partial charge in [0, 0.05) is 27.6 Å². The van der Waals surface area contributed by atoms with Crippen molar-refractivity contribution in [2.45, 2.75) is 84.8 Å². The van der Waals surface area contributed by atoms with Gasteiger partial charge in [0.1, 0.15) is 5.82 Å². The van der Waals surface area contributed by atoms with Gasteiger partial charge in [-0.1, -0.05) is 61.9 Å². The Morgan fingerprint density at radius 3 is 2.35 bits per heavy atom. The summed E-state index contributed by atoms with van der Waals surface area (Å²) in [6.07, 6.45) is 3.35. The summed E-state index contributed by atoms with van der Waals surface area (Å²) in [5.41, 5.74) is 6.43. The van der Waals surface area contributed by atoms with Gasteiger partial charge in [0.15, 0.2) is 0 Å². The molecule has 6 rings (SSSR count). The van der Waals surface area contributed by atoms with Crippen LogP contribution in [0.1, 0.15) is 85.4 Å². The summed E-state index contributed by atoms with van der Waals surface area (Å²) in [5.74, 6) is 1.26. The molecule has 0 spiro atoms. The maximum Gasteiger partial charge on any atom is 1.00 e. The van der Waals surface area contributed by atoms with Gasteiger partial charge in [0.05, 0.1) is 30.4 Å². The molecule has 234 valence electrons. The minimum Gasteiger partial charge on any atom is -0.330 e. The van der Waals surface area contributed by atoms with Crippen LogP contribution in [0.15, 0.2) is 59.4 Å². The summed E-state index contributed by atoms with van der Waals surface area (Å²) in [7, 11) is 1.73. The van der Waals surface area contributed by atoms with Gasteiger partial charge >= 0.3 is 29.6 Å². The first-order valence-electron chi connectivity index (χ1n) is 15.5. The Labute approximate surface area is 296 Å². The Morgan fingerprint density at radius 2 is 1.72 bits per heavy atom. The van der Waals surface area contributed by atoms with E-state index in [0.29, 0.717) is 18.8 Å².